The minimum Gasteiger partial charge on any atom is -0.352 e. The number of carbonyl (C=O) groups excluding carboxylic acids is 1. The average molecular weight is 403 g/mol. The maximum Gasteiger partial charge on any atom is 0.246 e. The summed E-state index contributed by atoms with van der Waals surface area (Å²) in [5.41, 5.74) is 4.62. The lowest BCUT2D eigenvalue weighted by atomic mass is 10.0. The van der Waals surface area contributed by atoms with Crippen LogP contribution in [-0.4, -0.2) is 40.1 Å². The van der Waals surface area contributed by atoms with E-state index in [1.54, 1.807) is 23.1 Å². The van der Waals surface area contributed by atoms with Crippen molar-refractivity contribution >= 4 is 17.6 Å². The summed E-state index contributed by atoms with van der Waals surface area (Å²) in [6.07, 6.45) is 4.45. The van der Waals surface area contributed by atoms with Crippen molar-refractivity contribution in [3.05, 3.63) is 83.7 Å². The molecular formula is C23H26N6O. The highest BCUT2D eigenvalue weighted by atomic mass is 16.2. The first-order valence-corrected chi connectivity index (χ1v) is 10.1. The Bertz CT molecular complexity index is 1030. The van der Waals surface area contributed by atoms with E-state index in [0.717, 1.165) is 36.7 Å². The average Bonchev–Trinajstić information content (AvgIpc) is 3.27. The SMILES string of the molecule is CN=C(NCc1cccc(NC(=O)Cn2cccn2)c1)N1CCc2ccccc2C1. The number of hydrogen-bond acceptors (Lipinski definition) is 3. The number of carbonyl (C=O) groups is 1. The smallest absolute Gasteiger partial charge is 0.246 e. The minimum atomic E-state index is -0.105. The van der Waals surface area contributed by atoms with Crippen molar-refractivity contribution in [2.75, 3.05) is 18.9 Å². The maximum absolute atomic E-state index is 12.2. The summed E-state index contributed by atoms with van der Waals surface area (Å²) in [7, 11) is 1.81. The van der Waals surface area contributed by atoms with Gasteiger partial charge in [-0.25, -0.2) is 0 Å². The highest BCUT2D eigenvalue weighted by Gasteiger charge is 2.18. The van der Waals surface area contributed by atoms with Crippen molar-refractivity contribution in [3.63, 3.8) is 0 Å². The van der Waals surface area contributed by atoms with Crippen LogP contribution in [0, 0.1) is 0 Å². The van der Waals surface area contributed by atoms with Crippen molar-refractivity contribution in [3.8, 4) is 0 Å². The van der Waals surface area contributed by atoms with Gasteiger partial charge in [-0.3, -0.25) is 14.5 Å². The molecule has 0 unspecified atom stereocenters. The second-order valence-corrected chi connectivity index (χ2v) is 7.29. The quantitative estimate of drug-likeness (QED) is 0.508. The Kier molecular flexibility index (Phi) is 6.08. The van der Waals surface area contributed by atoms with Gasteiger partial charge in [-0.05, 0) is 41.3 Å². The fraction of sp³-hybridized carbons (Fsp3) is 0.261. The van der Waals surface area contributed by atoms with Gasteiger partial charge in [0.1, 0.15) is 6.54 Å². The summed E-state index contributed by atoms with van der Waals surface area (Å²) in [6.45, 7) is 2.63. The Balaban J connectivity index is 1.34. The number of guanidine groups is 1. The highest BCUT2D eigenvalue weighted by molar-refractivity contribution is 5.90. The molecule has 7 heteroatoms. The lowest BCUT2D eigenvalue weighted by Gasteiger charge is -2.31. The van der Waals surface area contributed by atoms with Crippen LogP contribution in [0.15, 0.2) is 72.0 Å². The molecular weight excluding hydrogens is 376 g/mol. The van der Waals surface area contributed by atoms with E-state index >= 15 is 0 Å². The Labute approximate surface area is 176 Å². The molecule has 4 rings (SSSR count). The van der Waals surface area contributed by atoms with Crippen LogP contribution in [0.4, 0.5) is 5.69 Å². The zero-order chi connectivity index (χ0) is 20.8. The van der Waals surface area contributed by atoms with Crippen molar-refractivity contribution in [1.29, 1.82) is 0 Å². The van der Waals surface area contributed by atoms with Gasteiger partial charge in [-0.15, -0.1) is 0 Å². The predicted molar refractivity (Wildman–Crippen MR) is 118 cm³/mol. The maximum atomic E-state index is 12.2. The van der Waals surface area contributed by atoms with Gasteiger partial charge in [-0.1, -0.05) is 36.4 Å². The van der Waals surface area contributed by atoms with E-state index < -0.39 is 0 Å². The van der Waals surface area contributed by atoms with E-state index in [9.17, 15) is 4.79 Å². The molecule has 2 aromatic carbocycles. The summed E-state index contributed by atoms with van der Waals surface area (Å²) in [6, 6.07) is 18.2. The molecule has 1 aromatic heterocycles. The normalized spacial score (nSPS) is 13.6. The minimum absolute atomic E-state index is 0.105. The van der Waals surface area contributed by atoms with E-state index in [2.05, 4.69) is 49.9 Å². The molecule has 2 heterocycles. The number of aromatic nitrogens is 2. The topological polar surface area (TPSA) is 74.5 Å². The third-order valence-electron chi connectivity index (χ3n) is 5.17. The number of nitrogens with one attached hydrogen (secondary N) is 2. The fourth-order valence-corrected chi connectivity index (χ4v) is 3.69. The Hall–Kier alpha value is -3.61. The molecule has 0 saturated heterocycles. The summed E-state index contributed by atoms with van der Waals surface area (Å²) in [4.78, 5) is 18.9. The zero-order valence-electron chi connectivity index (χ0n) is 17.1. The molecule has 30 heavy (non-hydrogen) atoms. The van der Waals surface area contributed by atoms with Crippen molar-refractivity contribution in [2.45, 2.75) is 26.1 Å². The molecule has 7 nitrogen and oxygen atoms in total. The predicted octanol–water partition coefficient (Wildman–Crippen LogP) is 2.66. The molecule has 1 aliphatic heterocycles. The number of benzene rings is 2. The summed E-state index contributed by atoms with van der Waals surface area (Å²) in [5, 5.41) is 10.4. The molecule has 1 aliphatic rings. The summed E-state index contributed by atoms with van der Waals surface area (Å²) >= 11 is 0. The van der Waals surface area contributed by atoms with E-state index in [1.165, 1.54) is 11.1 Å². The third-order valence-corrected chi connectivity index (χ3v) is 5.17. The standard InChI is InChI=1S/C23H26N6O/c1-24-23(28-13-10-19-7-2-3-8-20(19)16-28)25-15-18-6-4-9-21(14-18)27-22(30)17-29-12-5-11-26-29/h2-9,11-12,14H,10,13,15-17H2,1H3,(H,24,25)(H,27,30). The number of hydrogen-bond donors (Lipinski definition) is 2. The molecule has 154 valence electrons. The van der Waals surface area contributed by atoms with Crippen LogP contribution < -0.4 is 10.6 Å². The first kappa shape index (κ1) is 19.7. The third kappa shape index (κ3) is 4.86. The van der Waals surface area contributed by atoms with Gasteiger partial charge >= 0.3 is 0 Å². The molecule has 0 atom stereocenters. The van der Waals surface area contributed by atoms with Crippen LogP contribution in [0.2, 0.25) is 0 Å². The molecule has 0 bridgehead atoms. The monoisotopic (exact) mass is 402 g/mol. The molecule has 3 aromatic rings. The van der Waals surface area contributed by atoms with Crippen molar-refractivity contribution in [2.24, 2.45) is 4.99 Å². The number of rotatable bonds is 5. The molecule has 1 amide bonds. The Morgan fingerprint density at radius 3 is 2.80 bits per heavy atom. The van der Waals surface area contributed by atoms with E-state index in [1.807, 2.05) is 31.3 Å². The summed E-state index contributed by atoms with van der Waals surface area (Å²) < 4.78 is 1.60. The number of fused-ring (bicyclic) bond motifs is 1. The van der Waals surface area contributed by atoms with E-state index in [4.69, 9.17) is 0 Å². The highest BCUT2D eigenvalue weighted by Crippen LogP contribution is 2.18. The summed E-state index contributed by atoms with van der Waals surface area (Å²) in [5.74, 6) is 0.782. The molecule has 0 aliphatic carbocycles. The second kappa shape index (κ2) is 9.26. The van der Waals surface area contributed by atoms with Crippen LogP contribution in [0.1, 0.15) is 16.7 Å². The van der Waals surface area contributed by atoms with Gasteiger partial charge < -0.3 is 15.5 Å². The molecule has 0 saturated carbocycles. The van der Waals surface area contributed by atoms with Crippen molar-refractivity contribution in [1.82, 2.24) is 20.0 Å². The van der Waals surface area contributed by atoms with Gasteiger partial charge in [0.25, 0.3) is 0 Å². The second-order valence-electron chi connectivity index (χ2n) is 7.29. The molecule has 0 radical (unpaired) electrons. The van der Waals surface area contributed by atoms with Crippen LogP contribution >= 0.6 is 0 Å². The Morgan fingerprint density at radius 2 is 2.00 bits per heavy atom. The van der Waals surface area contributed by atoms with Gasteiger partial charge in [0, 0.05) is 44.8 Å². The lowest BCUT2D eigenvalue weighted by molar-refractivity contribution is -0.116. The first-order valence-electron chi connectivity index (χ1n) is 10.1. The van der Waals surface area contributed by atoms with Gasteiger partial charge in [-0.2, -0.15) is 5.10 Å². The number of aliphatic imine (C=N–C) groups is 1. The van der Waals surface area contributed by atoms with Gasteiger partial charge in [0.05, 0.1) is 0 Å². The molecule has 2 N–H and O–H groups in total. The van der Waals surface area contributed by atoms with Crippen molar-refractivity contribution < 1.29 is 4.79 Å². The van der Waals surface area contributed by atoms with Crippen LogP contribution in [-0.2, 0) is 30.8 Å². The first-order chi connectivity index (χ1) is 14.7. The number of amides is 1. The van der Waals surface area contributed by atoms with Crippen LogP contribution in [0.25, 0.3) is 0 Å². The fourth-order valence-electron chi connectivity index (χ4n) is 3.69. The zero-order valence-corrected chi connectivity index (χ0v) is 17.1. The lowest BCUT2D eigenvalue weighted by Crippen LogP contribution is -2.43. The van der Waals surface area contributed by atoms with Crippen LogP contribution in [0.3, 0.4) is 0 Å². The number of anilines is 1. The largest absolute Gasteiger partial charge is 0.352 e. The van der Waals surface area contributed by atoms with Gasteiger partial charge in [0.15, 0.2) is 5.96 Å². The van der Waals surface area contributed by atoms with Gasteiger partial charge in [0.2, 0.25) is 5.91 Å². The Morgan fingerprint density at radius 1 is 1.13 bits per heavy atom. The molecule has 0 fully saturated rings. The molecule has 0 spiro atoms. The van der Waals surface area contributed by atoms with E-state index in [0.29, 0.717) is 6.54 Å². The number of nitrogens with zero attached hydrogens (tertiary/aromatic N) is 4. The van der Waals surface area contributed by atoms with E-state index in [-0.39, 0.29) is 12.5 Å². The van der Waals surface area contributed by atoms with Crippen LogP contribution in [0.5, 0.6) is 0 Å².